The van der Waals surface area contributed by atoms with Crippen LogP contribution in [0.15, 0.2) is 53.1 Å². The third-order valence-electron chi connectivity index (χ3n) is 4.42. The molecule has 1 heterocycles. The van der Waals surface area contributed by atoms with Gasteiger partial charge in [0.15, 0.2) is 11.7 Å². The second kappa shape index (κ2) is 8.93. The van der Waals surface area contributed by atoms with Gasteiger partial charge in [-0.25, -0.2) is 4.98 Å². The molecule has 0 saturated carbocycles. The first-order valence-electron chi connectivity index (χ1n) is 9.14. The topological polar surface area (TPSA) is 64.4 Å². The highest BCUT2D eigenvalue weighted by Crippen LogP contribution is 2.28. The molecule has 1 N–H and O–H groups in total. The molecular weight excluding hydrogens is 376 g/mol. The minimum absolute atomic E-state index is 0.165. The summed E-state index contributed by atoms with van der Waals surface area (Å²) in [7, 11) is 1.54. The lowest BCUT2D eigenvalue weighted by molar-refractivity contribution is -0.116. The zero-order valence-electron chi connectivity index (χ0n) is 16.2. The second-order valence-electron chi connectivity index (χ2n) is 6.79. The fourth-order valence-corrected chi connectivity index (χ4v) is 2.97. The van der Waals surface area contributed by atoms with Crippen LogP contribution in [0, 0.1) is 0 Å². The molecule has 0 bridgehead atoms. The van der Waals surface area contributed by atoms with Crippen molar-refractivity contribution in [2.24, 2.45) is 0 Å². The second-order valence-corrected chi connectivity index (χ2v) is 7.22. The Kier molecular flexibility index (Phi) is 6.37. The van der Waals surface area contributed by atoms with Crippen LogP contribution in [0.5, 0.6) is 5.75 Å². The number of benzene rings is 2. The van der Waals surface area contributed by atoms with Gasteiger partial charge in [-0.05, 0) is 29.7 Å². The van der Waals surface area contributed by atoms with Crippen LogP contribution in [0.25, 0.3) is 11.3 Å². The van der Waals surface area contributed by atoms with Crippen molar-refractivity contribution < 1.29 is 13.9 Å². The fraction of sp³-hybridized carbons (Fsp3) is 0.273. The number of aromatic nitrogens is 1. The van der Waals surface area contributed by atoms with E-state index in [1.54, 1.807) is 31.5 Å². The molecule has 0 aliphatic rings. The molecule has 0 fully saturated rings. The highest BCUT2D eigenvalue weighted by atomic mass is 35.5. The number of ether oxygens (including phenoxy) is 1. The van der Waals surface area contributed by atoms with Gasteiger partial charge in [0, 0.05) is 23.4 Å². The van der Waals surface area contributed by atoms with Crippen molar-refractivity contribution in [2.45, 2.75) is 32.6 Å². The normalized spacial score (nSPS) is 10.9. The number of carbonyl (C=O) groups excluding carboxylic acids is 1. The summed E-state index contributed by atoms with van der Waals surface area (Å²) >= 11 is 5.99. The number of rotatable bonds is 7. The van der Waals surface area contributed by atoms with Crippen LogP contribution in [0.2, 0.25) is 5.02 Å². The third-order valence-corrected chi connectivity index (χ3v) is 4.65. The Morgan fingerprint density at radius 2 is 1.96 bits per heavy atom. The van der Waals surface area contributed by atoms with E-state index in [1.165, 1.54) is 5.56 Å². The molecule has 3 rings (SSSR count). The number of hydrogen-bond donors (Lipinski definition) is 1. The Morgan fingerprint density at radius 3 is 2.64 bits per heavy atom. The van der Waals surface area contributed by atoms with Crippen LogP contribution < -0.4 is 10.1 Å². The van der Waals surface area contributed by atoms with Gasteiger partial charge in [0.2, 0.25) is 5.91 Å². The standard InChI is InChI=1S/C22H23ClN2O3/c1-14(2)15-4-6-16(7-5-15)20-13-24-22(28-20)11-10-21(26)25-18-12-17(23)8-9-19(18)27-3/h4-9,12-14H,10-11H2,1-3H3,(H,25,26). The van der Waals surface area contributed by atoms with Crippen LogP contribution in [-0.4, -0.2) is 18.0 Å². The zero-order valence-corrected chi connectivity index (χ0v) is 16.9. The lowest BCUT2D eigenvalue weighted by atomic mass is 10.0. The Labute approximate surface area is 169 Å². The molecule has 6 heteroatoms. The molecule has 5 nitrogen and oxygen atoms in total. The number of amides is 1. The zero-order chi connectivity index (χ0) is 20.1. The van der Waals surface area contributed by atoms with Crippen LogP contribution in [0.4, 0.5) is 5.69 Å². The molecule has 0 unspecified atom stereocenters. The molecule has 1 amide bonds. The van der Waals surface area contributed by atoms with Gasteiger partial charge in [0.1, 0.15) is 5.75 Å². The number of hydrogen-bond acceptors (Lipinski definition) is 4. The van der Waals surface area contributed by atoms with Gasteiger partial charge >= 0.3 is 0 Å². The highest BCUT2D eigenvalue weighted by Gasteiger charge is 2.12. The van der Waals surface area contributed by atoms with Gasteiger partial charge in [0.25, 0.3) is 0 Å². The predicted octanol–water partition coefficient (Wildman–Crippen LogP) is 5.70. The van der Waals surface area contributed by atoms with Crippen molar-refractivity contribution in [1.82, 2.24) is 4.98 Å². The molecule has 0 aliphatic carbocycles. The van der Waals surface area contributed by atoms with E-state index in [4.69, 9.17) is 20.8 Å². The van der Waals surface area contributed by atoms with Crippen molar-refractivity contribution in [1.29, 1.82) is 0 Å². The summed E-state index contributed by atoms with van der Waals surface area (Å²) in [4.78, 5) is 16.5. The first-order valence-corrected chi connectivity index (χ1v) is 9.52. The number of aryl methyl sites for hydroxylation is 1. The maximum Gasteiger partial charge on any atom is 0.224 e. The van der Waals surface area contributed by atoms with Crippen LogP contribution in [0.1, 0.15) is 37.6 Å². The lowest BCUT2D eigenvalue weighted by Gasteiger charge is -2.10. The number of nitrogens with zero attached hydrogens (tertiary/aromatic N) is 1. The highest BCUT2D eigenvalue weighted by molar-refractivity contribution is 6.31. The molecule has 2 aromatic carbocycles. The van der Waals surface area contributed by atoms with Crippen LogP contribution >= 0.6 is 11.6 Å². The maximum absolute atomic E-state index is 12.3. The minimum atomic E-state index is -0.165. The Hall–Kier alpha value is -2.79. The number of carbonyl (C=O) groups is 1. The average Bonchev–Trinajstić information content (AvgIpc) is 3.16. The van der Waals surface area contributed by atoms with Crippen molar-refractivity contribution >= 4 is 23.2 Å². The van der Waals surface area contributed by atoms with Gasteiger partial charge < -0.3 is 14.5 Å². The Morgan fingerprint density at radius 1 is 1.21 bits per heavy atom. The molecule has 0 spiro atoms. The third kappa shape index (κ3) is 4.93. The SMILES string of the molecule is COc1ccc(Cl)cc1NC(=O)CCc1ncc(-c2ccc(C(C)C)cc2)o1. The van der Waals surface area contributed by atoms with Gasteiger partial charge in [0.05, 0.1) is 19.0 Å². The molecular formula is C22H23ClN2O3. The van der Waals surface area contributed by atoms with Crippen molar-refractivity contribution in [3.63, 3.8) is 0 Å². The largest absolute Gasteiger partial charge is 0.495 e. The minimum Gasteiger partial charge on any atom is -0.495 e. The monoisotopic (exact) mass is 398 g/mol. The van der Waals surface area contributed by atoms with Crippen molar-refractivity contribution in [3.05, 3.63) is 65.1 Å². The maximum atomic E-state index is 12.3. The molecule has 0 atom stereocenters. The molecule has 146 valence electrons. The summed E-state index contributed by atoms with van der Waals surface area (Å²) in [6.07, 6.45) is 2.33. The molecule has 0 radical (unpaired) electrons. The summed E-state index contributed by atoms with van der Waals surface area (Å²) in [5.41, 5.74) is 2.78. The van der Waals surface area contributed by atoms with E-state index in [0.717, 1.165) is 5.56 Å². The van der Waals surface area contributed by atoms with Gasteiger partial charge in [-0.3, -0.25) is 4.79 Å². The molecule has 28 heavy (non-hydrogen) atoms. The number of oxazole rings is 1. The van der Waals surface area contributed by atoms with E-state index in [1.807, 2.05) is 12.1 Å². The number of nitrogens with one attached hydrogen (secondary N) is 1. The van der Waals surface area contributed by atoms with E-state index in [9.17, 15) is 4.79 Å². The summed E-state index contributed by atoms with van der Waals surface area (Å²) < 4.78 is 11.0. The van der Waals surface area contributed by atoms with Gasteiger partial charge in [-0.2, -0.15) is 0 Å². The summed E-state index contributed by atoms with van der Waals surface area (Å²) in [6.45, 7) is 4.32. The average molecular weight is 399 g/mol. The Bertz CT molecular complexity index is 949. The van der Waals surface area contributed by atoms with Crippen LogP contribution in [-0.2, 0) is 11.2 Å². The molecule has 0 aliphatic heterocycles. The Balaban J connectivity index is 1.60. The summed E-state index contributed by atoms with van der Waals surface area (Å²) in [5.74, 6) is 2.09. The van der Waals surface area contributed by atoms with Gasteiger partial charge in [-0.15, -0.1) is 0 Å². The van der Waals surface area contributed by atoms with Crippen molar-refractivity contribution in [3.8, 4) is 17.1 Å². The van der Waals surface area contributed by atoms with E-state index in [2.05, 4.69) is 36.3 Å². The van der Waals surface area contributed by atoms with E-state index in [-0.39, 0.29) is 12.3 Å². The molecule has 0 saturated heterocycles. The number of methoxy groups -OCH3 is 1. The number of anilines is 1. The lowest BCUT2D eigenvalue weighted by Crippen LogP contribution is -2.13. The van der Waals surface area contributed by atoms with E-state index in [0.29, 0.717) is 40.4 Å². The first kappa shape index (κ1) is 20.0. The fourth-order valence-electron chi connectivity index (χ4n) is 2.80. The summed E-state index contributed by atoms with van der Waals surface area (Å²) in [6, 6.07) is 13.3. The number of halogens is 1. The van der Waals surface area contributed by atoms with E-state index < -0.39 is 0 Å². The predicted molar refractivity (Wildman–Crippen MR) is 111 cm³/mol. The van der Waals surface area contributed by atoms with Crippen LogP contribution in [0.3, 0.4) is 0 Å². The van der Waals surface area contributed by atoms with Crippen molar-refractivity contribution in [2.75, 3.05) is 12.4 Å². The summed E-state index contributed by atoms with van der Waals surface area (Å²) in [5, 5.41) is 3.33. The van der Waals surface area contributed by atoms with E-state index >= 15 is 0 Å². The molecule has 3 aromatic rings. The molecule has 1 aromatic heterocycles. The smallest absolute Gasteiger partial charge is 0.224 e. The van der Waals surface area contributed by atoms with Gasteiger partial charge in [-0.1, -0.05) is 49.7 Å². The first-order chi connectivity index (χ1) is 13.5. The quantitative estimate of drug-likeness (QED) is 0.554.